The van der Waals surface area contributed by atoms with Gasteiger partial charge in [-0.3, -0.25) is 4.79 Å². The van der Waals surface area contributed by atoms with Crippen molar-refractivity contribution in [3.8, 4) is 11.5 Å². The maximum Gasteiger partial charge on any atom is 0.255 e. The van der Waals surface area contributed by atoms with Crippen molar-refractivity contribution in [2.24, 2.45) is 0 Å². The quantitative estimate of drug-likeness (QED) is 0.758. The lowest BCUT2D eigenvalue weighted by molar-refractivity contribution is 0.0951. The summed E-state index contributed by atoms with van der Waals surface area (Å²) in [6, 6.07) is 7.16. The topological polar surface area (TPSA) is 69.6 Å². The summed E-state index contributed by atoms with van der Waals surface area (Å²) >= 11 is 0. The lowest BCUT2D eigenvalue weighted by Crippen LogP contribution is -2.25. The van der Waals surface area contributed by atoms with E-state index in [1.54, 1.807) is 0 Å². The zero-order chi connectivity index (χ0) is 15.4. The number of benzene rings is 2. The standard InChI is InChI=1S/C15H13F2NO3/c16-10-6-9(7-11(17)8-10)4-5-18-15(21)12-2-1-3-13(19)14(12)20/h1-3,6-8,19-20H,4-5H2,(H,18,21). The first-order valence-electron chi connectivity index (χ1n) is 6.21. The Balaban J connectivity index is 1.97. The molecule has 21 heavy (non-hydrogen) atoms. The number of phenolic OH excluding ortho intramolecular Hbond substituents is 2. The largest absolute Gasteiger partial charge is 0.504 e. The normalized spacial score (nSPS) is 10.4. The Kier molecular flexibility index (Phi) is 4.37. The van der Waals surface area contributed by atoms with Crippen LogP contribution < -0.4 is 5.32 Å². The third-order valence-corrected chi connectivity index (χ3v) is 2.88. The zero-order valence-electron chi connectivity index (χ0n) is 10.9. The Hall–Kier alpha value is -2.63. The van der Waals surface area contributed by atoms with Gasteiger partial charge in [-0.05, 0) is 36.2 Å². The van der Waals surface area contributed by atoms with Crippen LogP contribution in [0.3, 0.4) is 0 Å². The molecule has 0 fully saturated rings. The molecule has 0 aliphatic carbocycles. The van der Waals surface area contributed by atoms with Crippen molar-refractivity contribution in [3.05, 3.63) is 59.2 Å². The molecule has 0 aliphatic rings. The van der Waals surface area contributed by atoms with Crippen LogP contribution >= 0.6 is 0 Å². The molecule has 0 unspecified atom stereocenters. The Labute approximate surface area is 119 Å². The lowest BCUT2D eigenvalue weighted by Gasteiger charge is -2.08. The highest BCUT2D eigenvalue weighted by Crippen LogP contribution is 2.27. The monoisotopic (exact) mass is 293 g/mol. The molecule has 0 saturated heterocycles. The van der Waals surface area contributed by atoms with Gasteiger partial charge in [0.25, 0.3) is 5.91 Å². The summed E-state index contributed by atoms with van der Waals surface area (Å²) in [6.07, 6.45) is 0.236. The number of halogens is 2. The van der Waals surface area contributed by atoms with Crippen molar-refractivity contribution >= 4 is 5.91 Å². The van der Waals surface area contributed by atoms with Crippen LogP contribution in [0.25, 0.3) is 0 Å². The van der Waals surface area contributed by atoms with Crippen LogP contribution in [0.15, 0.2) is 36.4 Å². The number of carbonyl (C=O) groups is 1. The summed E-state index contributed by atoms with van der Waals surface area (Å²) in [5, 5.41) is 21.3. The highest BCUT2D eigenvalue weighted by Gasteiger charge is 2.13. The van der Waals surface area contributed by atoms with Gasteiger partial charge in [0, 0.05) is 12.6 Å². The number of amides is 1. The lowest BCUT2D eigenvalue weighted by atomic mass is 10.1. The Bertz CT molecular complexity index is 654. The van der Waals surface area contributed by atoms with Crippen molar-refractivity contribution in [1.29, 1.82) is 0 Å². The van der Waals surface area contributed by atoms with Gasteiger partial charge in [-0.25, -0.2) is 8.78 Å². The van der Waals surface area contributed by atoms with Gasteiger partial charge < -0.3 is 15.5 Å². The van der Waals surface area contributed by atoms with E-state index in [1.807, 2.05) is 0 Å². The Morgan fingerprint density at radius 2 is 1.76 bits per heavy atom. The highest BCUT2D eigenvalue weighted by atomic mass is 19.1. The van der Waals surface area contributed by atoms with Gasteiger partial charge in [0.15, 0.2) is 11.5 Å². The van der Waals surface area contributed by atoms with Gasteiger partial charge in [-0.1, -0.05) is 6.07 Å². The van der Waals surface area contributed by atoms with E-state index in [4.69, 9.17) is 0 Å². The fourth-order valence-electron chi connectivity index (χ4n) is 1.89. The van der Waals surface area contributed by atoms with E-state index in [1.165, 1.54) is 30.3 Å². The molecule has 2 rings (SSSR count). The van der Waals surface area contributed by atoms with E-state index in [0.29, 0.717) is 5.56 Å². The fourth-order valence-corrected chi connectivity index (χ4v) is 1.89. The molecular weight excluding hydrogens is 280 g/mol. The van der Waals surface area contributed by atoms with Crippen LogP contribution in [0, 0.1) is 11.6 Å². The summed E-state index contributed by atoms with van der Waals surface area (Å²) in [5.41, 5.74) is 0.341. The fraction of sp³-hybridized carbons (Fsp3) is 0.133. The first-order chi connectivity index (χ1) is 9.97. The highest BCUT2D eigenvalue weighted by molar-refractivity contribution is 5.97. The van der Waals surface area contributed by atoms with Gasteiger partial charge >= 0.3 is 0 Å². The predicted octanol–water partition coefficient (Wildman–Crippen LogP) is 2.35. The maximum absolute atomic E-state index is 13.0. The second kappa shape index (κ2) is 6.21. The van der Waals surface area contributed by atoms with Crippen molar-refractivity contribution in [1.82, 2.24) is 5.32 Å². The molecule has 0 saturated carbocycles. The van der Waals surface area contributed by atoms with Gasteiger partial charge in [0.1, 0.15) is 11.6 Å². The Morgan fingerprint density at radius 1 is 1.10 bits per heavy atom. The minimum atomic E-state index is -0.679. The van der Waals surface area contributed by atoms with Crippen molar-refractivity contribution in [2.75, 3.05) is 6.54 Å². The molecule has 0 bridgehead atoms. The molecule has 0 aromatic heterocycles. The van der Waals surface area contributed by atoms with E-state index in [9.17, 15) is 23.8 Å². The van der Waals surface area contributed by atoms with E-state index in [2.05, 4.69) is 5.32 Å². The van der Waals surface area contributed by atoms with Crippen LogP contribution in [-0.4, -0.2) is 22.7 Å². The summed E-state index contributed by atoms with van der Waals surface area (Å²) in [5.74, 6) is -2.84. The first kappa shape index (κ1) is 14.8. The molecule has 0 heterocycles. The van der Waals surface area contributed by atoms with Gasteiger partial charge in [-0.2, -0.15) is 0 Å². The van der Waals surface area contributed by atoms with E-state index in [0.717, 1.165) is 6.07 Å². The molecule has 1 amide bonds. The van der Waals surface area contributed by atoms with Crippen molar-refractivity contribution in [2.45, 2.75) is 6.42 Å². The summed E-state index contributed by atoms with van der Waals surface area (Å²) < 4.78 is 26.0. The summed E-state index contributed by atoms with van der Waals surface area (Å²) in [7, 11) is 0. The Morgan fingerprint density at radius 3 is 2.43 bits per heavy atom. The number of hydrogen-bond acceptors (Lipinski definition) is 3. The molecule has 0 aliphatic heterocycles. The number of phenols is 2. The number of hydrogen-bond donors (Lipinski definition) is 3. The number of nitrogens with one attached hydrogen (secondary N) is 1. The van der Waals surface area contributed by atoms with Crippen LogP contribution in [0.2, 0.25) is 0 Å². The molecule has 2 aromatic carbocycles. The molecule has 6 heteroatoms. The van der Waals surface area contributed by atoms with Crippen molar-refractivity contribution < 1.29 is 23.8 Å². The molecule has 0 spiro atoms. The molecule has 0 atom stereocenters. The SMILES string of the molecule is O=C(NCCc1cc(F)cc(F)c1)c1cccc(O)c1O. The average molecular weight is 293 g/mol. The number of aromatic hydroxyl groups is 2. The second-order valence-electron chi connectivity index (χ2n) is 4.46. The summed E-state index contributed by atoms with van der Waals surface area (Å²) in [6.45, 7) is 0.136. The van der Waals surface area contributed by atoms with Gasteiger partial charge in [-0.15, -0.1) is 0 Å². The average Bonchev–Trinajstić information content (AvgIpc) is 2.40. The van der Waals surface area contributed by atoms with E-state index in [-0.39, 0.29) is 18.5 Å². The zero-order valence-corrected chi connectivity index (χ0v) is 10.9. The van der Waals surface area contributed by atoms with E-state index >= 15 is 0 Å². The minimum Gasteiger partial charge on any atom is -0.504 e. The van der Waals surface area contributed by atoms with Crippen LogP contribution in [0.1, 0.15) is 15.9 Å². The smallest absolute Gasteiger partial charge is 0.255 e. The van der Waals surface area contributed by atoms with Crippen LogP contribution in [-0.2, 0) is 6.42 Å². The number of carbonyl (C=O) groups excluding carboxylic acids is 1. The molecule has 3 N–H and O–H groups in total. The maximum atomic E-state index is 13.0. The second-order valence-corrected chi connectivity index (χ2v) is 4.46. The molecule has 0 radical (unpaired) electrons. The minimum absolute atomic E-state index is 0.0691. The van der Waals surface area contributed by atoms with Gasteiger partial charge in [0.2, 0.25) is 0 Å². The predicted molar refractivity (Wildman–Crippen MR) is 72.2 cm³/mol. The van der Waals surface area contributed by atoms with Gasteiger partial charge in [0.05, 0.1) is 5.56 Å². The molecule has 4 nitrogen and oxygen atoms in total. The molecule has 110 valence electrons. The van der Waals surface area contributed by atoms with Crippen LogP contribution in [0.5, 0.6) is 11.5 Å². The number of rotatable bonds is 4. The molecular formula is C15H13F2NO3. The third-order valence-electron chi connectivity index (χ3n) is 2.88. The van der Waals surface area contributed by atoms with Crippen molar-refractivity contribution in [3.63, 3.8) is 0 Å². The van der Waals surface area contributed by atoms with Crippen LogP contribution in [0.4, 0.5) is 8.78 Å². The summed E-state index contributed by atoms with van der Waals surface area (Å²) in [4.78, 5) is 11.8. The number of para-hydroxylation sites is 1. The van der Waals surface area contributed by atoms with E-state index < -0.39 is 29.0 Å². The molecule has 2 aromatic rings. The first-order valence-corrected chi connectivity index (χ1v) is 6.21. The third kappa shape index (κ3) is 3.68.